The van der Waals surface area contributed by atoms with Crippen molar-refractivity contribution in [1.29, 1.82) is 0 Å². The number of benzene rings is 3. The van der Waals surface area contributed by atoms with Crippen molar-refractivity contribution in [1.82, 2.24) is 19.7 Å². The number of aromatic amines is 2. The van der Waals surface area contributed by atoms with Crippen molar-refractivity contribution >= 4 is 32.0 Å². The maximum absolute atomic E-state index is 13.0. The van der Waals surface area contributed by atoms with Crippen molar-refractivity contribution in [3.05, 3.63) is 109 Å². The van der Waals surface area contributed by atoms with Gasteiger partial charge in [0.05, 0.1) is 4.90 Å². The third kappa shape index (κ3) is 4.01. The Morgan fingerprint density at radius 1 is 0.800 bits per heavy atom. The zero-order valence-electron chi connectivity index (χ0n) is 18.7. The van der Waals surface area contributed by atoms with E-state index in [0.29, 0.717) is 0 Å². The molecule has 3 heterocycles. The normalized spacial score (nSPS) is 11.9. The summed E-state index contributed by atoms with van der Waals surface area (Å²) >= 11 is 0. The van der Waals surface area contributed by atoms with Gasteiger partial charge >= 0.3 is 0 Å². The van der Waals surface area contributed by atoms with E-state index in [-0.39, 0.29) is 11.4 Å². The van der Waals surface area contributed by atoms with Gasteiger partial charge in [-0.1, -0.05) is 54.6 Å². The van der Waals surface area contributed by atoms with Gasteiger partial charge in [-0.15, -0.1) is 0 Å². The predicted molar refractivity (Wildman–Crippen MR) is 139 cm³/mol. The Labute approximate surface area is 202 Å². The molecule has 0 aliphatic carbocycles. The van der Waals surface area contributed by atoms with Gasteiger partial charge in [0.25, 0.3) is 0 Å². The van der Waals surface area contributed by atoms with Crippen LogP contribution in [-0.2, 0) is 16.6 Å². The first-order valence-corrected chi connectivity index (χ1v) is 12.7. The molecule has 0 aliphatic rings. The van der Waals surface area contributed by atoms with Gasteiger partial charge in [-0.2, -0.15) is 0 Å². The predicted octanol–water partition coefficient (Wildman–Crippen LogP) is 5.86. The van der Waals surface area contributed by atoms with Crippen molar-refractivity contribution in [2.45, 2.75) is 11.4 Å². The minimum Gasteiger partial charge on any atom is -0.361 e. The molecular weight excluding hydrogens is 456 g/mol. The highest BCUT2D eigenvalue weighted by Gasteiger charge is 2.16. The van der Waals surface area contributed by atoms with Gasteiger partial charge < -0.3 is 9.97 Å². The van der Waals surface area contributed by atoms with Crippen molar-refractivity contribution in [3.63, 3.8) is 0 Å². The summed E-state index contributed by atoms with van der Waals surface area (Å²) in [5.74, 6) is 0. The van der Waals surface area contributed by atoms with Gasteiger partial charge in [-0.3, -0.25) is 0 Å². The van der Waals surface area contributed by atoms with Crippen molar-refractivity contribution in [2.24, 2.45) is 0 Å². The maximum Gasteiger partial charge on any atom is 0.240 e. The first kappa shape index (κ1) is 21.3. The summed E-state index contributed by atoms with van der Waals surface area (Å²) in [6.45, 7) is 0.234. The standard InChI is InChI=1S/C28H22N4O2S/c33-35(34,31-18-19-6-2-1-3-7-19)21-9-4-8-20(16-21)27-17-25-23(12-15-30-28(25)32-27)22-10-5-11-26-24(22)13-14-29-26/h1-17,29,31H,18H2,(H,30,32). The van der Waals surface area contributed by atoms with Crippen LogP contribution in [-0.4, -0.2) is 23.4 Å². The Bertz CT molecular complexity index is 1770. The number of aromatic nitrogens is 3. The molecule has 6 nitrogen and oxygen atoms in total. The van der Waals surface area contributed by atoms with Crippen LogP contribution < -0.4 is 4.72 Å². The molecule has 3 aromatic carbocycles. The maximum atomic E-state index is 13.0. The minimum atomic E-state index is -3.67. The number of nitrogens with zero attached hydrogens (tertiary/aromatic N) is 1. The van der Waals surface area contributed by atoms with Crippen LogP contribution in [0.2, 0.25) is 0 Å². The molecule has 0 fully saturated rings. The van der Waals surface area contributed by atoms with Crippen molar-refractivity contribution in [2.75, 3.05) is 0 Å². The van der Waals surface area contributed by atoms with E-state index in [0.717, 1.165) is 49.9 Å². The first-order valence-electron chi connectivity index (χ1n) is 11.3. The van der Waals surface area contributed by atoms with Crippen LogP contribution in [0.3, 0.4) is 0 Å². The lowest BCUT2D eigenvalue weighted by atomic mass is 10.00. The molecule has 0 unspecified atom stereocenters. The van der Waals surface area contributed by atoms with E-state index >= 15 is 0 Å². The summed E-state index contributed by atoms with van der Waals surface area (Å²) in [5.41, 5.74) is 6.49. The highest BCUT2D eigenvalue weighted by Crippen LogP contribution is 2.35. The average Bonchev–Trinajstić information content (AvgIpc) is 3.55. The van der Waals surface area contributed by atoms with E-state index in [9.17, 15) is 8.42 Å². The van der Waals surface area contributed by atoms with E-state index in [2.05, 4.69) is 37.9 Å². The second-order valence-electron chi connectivity index (χ2n) is 8.39. The summed E-state index contributed by atoms with van der Waals surface area (Å²) in [7, 11) is -3.67. The molecule has 0 radical (unpaired) electrons. The van der Waals surface area contributed by atoms with Gasteiger partial charge in [0.2, 0.25) is 10.0 Å². The monoisotopic (exact) mass is 478 g/mol. The van der Waals surface area contributed by atoms with E-state index in [1.54, 1.807) is 24.4 Å². The number of fused-ring (bicyclic) bond motifs is 2. The van der Waals surface area contributed by atoms with Crippen molar-refractivity contribution < 1.29 is 8.42 Å². The highest BCUT2D eigenvalue weighted by atomic mass is 32.2. The fraction of sp³-hybridized carbons (Fsp3) is 0.0357. The topological polar surface area (TPSA) is 90.6 Å². The molecule has 0 bridgehead atoms. The minimum absolute atomic E-state index is 0.217. The zero-order valence-corrected chi connectivity index (χ0v) is 19.5. The molecule has 3 aromatic heterocycles. The molecule has 0 saturated carbocycles. The van der Waals surface area contributed by atoms with Crippen molar-refractivity contribution in [3.8, 4) is 22.4 Å². The fourth-order valence-corrected chi connectivity index (χ4v) is 5.49. The molecule has 0 spiro atoms. The SMILES string of the molecule is O=S(=O)(NCc1ccccc1)c1cccc(-c2cc3c(-c4cccc5[nH]ccc45)ccnc3[nH]2)c1. The number of nitrogens with one attached hydrogen (secondary N) is 3. The lowest BCUT2D eigenvalue weighted by molar-refractivity contribution is 0.581. The van der Waals surface area contributed by atoms with Gasteiger partial charge in [-0.25, -0.2) is 18.1 Å². The van der Waals surface area contributed by atoms with Crippen LogP contribution in [0.5, 0.6) is 0 Å². The van der Waals surface area contributed by atoms with E-state index < -0.39 is 10.0 Å². The lowest BCUT2D eigenvalue weighted by Gasteiger charge is -2.08. The van der Waals surface area contributed by atoms with Crippen LogP contribution in [0.15, 0.2) is 108 Å². The third-order valence-corrected chi connectivity index (χ3v) is 7.58. The smallest absolute Gasteiger partial charge is 0.240 e. The number of hydrogen-bond acceptors (Lipinski definition) is 3. The number of hydrogen-bond donors (Lipinski definition) is 3. The second-order valence-corrected chi connectivity index (χ2v) is 10.2. The molecule has 0 atom stereocenters. The Morgan fingerprint density at radius 2 is 1.63 bits per heavy atom. The molecule has 35 heavy (non-hydrogen) atoms. The number of pyridine rings is 1. The molecule has 172 valence electrons. The number of H-pyrrole nitrogens is 2. The van der Waals surface area contributed by atoms with Gasteiger partial charge in [0, 0.05) is 40.9 Å². The molecule has 7 heteroatoms. The average molecular weight is 479 g/mol. The summed E-state index contributed by atoms with van der Waals surface area (Å²) in [6, 6.07) is 28.7. The summed E-state index contributed by atoms with van der Waals surface area (Å²) < 4.78 is 28.6. The Morgan fingerprint density at radius 3 is 2.51 bits per heavy atom. The van der Waals surface area contributed by atoms with Gasteiger partial charge in [-0.05, 0) is 58.7 Å². The zero-order chi connectivity index (χ0) is 23.8. The molecule has 0 aliphatic heterocycles. The molecule has 6 rings (SSSR count). The summed E-state index contributed by atoms with van der Waals surface area (Å²) in [6.07, 6.45) is 3.73. The molecule has 6 aromatic rings. The van der Waals surface area contributed by atoms with E-state index in [1.165, 1.54) is 0 Å². The van der Waals surface area contributed by atoms with Crippen LogP contribution in [0.4, 0.5) is 0 Å². The fourth-order valence-electron chi connectivity index (χ4n) is 4.43. The molecular formula is C28H22N4O2S. The second kappa shape index (κ2) is 8.54. The van der Waals surface area contributed by atoms with Crippen LogP contribution in [0.1, 0.15) is 5.56 Å². The van der Waals surface area contributed by atoms with Crippen LogP contribution in [0, 0.1) is 0 Å². The Balaban J connectivity index is 1.37. The highest BCUT2D eigenvalue weighted by molar-refractivity contribution is 7.89. The molecule has 3 N–H and O–H groups in total. The quantitative estimate of drug-likeness (QED) is 0.280. The number of rotatable bonds is 6. The summed E-state index contributed by atoms with van der Waals surface area (Å²) in [4.78, 5) is 11.4. The third-order valence-electron chi connectivity index (χ3n) is 6.18. The largest absolute Gasteiger partial charge is 0.361 e. The Hall–Kier alpha value is -4.20. The first-order chi connectivity index (χ1) is 17.1. The Kier molecular flexibility index (Phi) is 5.21. The van der Waals surface area contributed by atoms with Gasteiger partial charge in [0.15, 0.2) is 0 Å². The van der Waals surface area contributed by atoms with Gasteiger partial charge in [0.1, 0.15) is 5.65 Å². The van der Waals surface area contributed by atoms with E-state index in [1.807, 2.05) is 60.8 Å². The van der Waals surface area contributed by atoms with Crippen LogP contribution >= 0.6 is 0 Å². The summed E-state index contributed by atoms with van der Waals surface area (Å²) in [5, 5.41) is 2.12. The molecule has 0 amide bonds. The van der Waals surface area contributed by atoms with E-state index in [4.69, 9.17) is 0 Å². The lowest BCUT2D eigenvalue weighted by Crippen LogP contribution is -2.23. The number of sulfonamides is 1. The molecule has 0 saturated heterocycles. The van der Waals surface area contributed by atoms with Crippen LogP contribution in [0.25, 0.3) is 44.3 Å².